The minimum atomic E-state index is -0.581. The minimum Gasteiger partial charge on any atom is -0.466 e. The molecule has 26 heavy (non-hydrogen) atoms. The number of anilines is 1. The molecule has 1 aromatic carbocycles. The molecule has 10 nitrogen and oxygen atoms in total. The fourth-order valence-corrected chi connectivity index (χ4v) is 2.65. The monoisotopic (exact) mass is 358 g/mol. The first-order valence-electron chi connectivity index (χ1n) is 7.89. The molecule has 10 heteroatoms. The van der Waals surface area contributed by atoms with Gasteiger partial charge in [0.2, 0.25) is 0 Å². The van der Waals surface area contributed by atoms with Gasteiger partial charge >= 0.3 is 5.97 Å². The lowest BCUT2D eigenvalue weighted by Crippen LogP contribution is -2.31. The third kappa shape index (κ3) is 3.26. The highest BCUT2D eigenvalue weighted by atomic mass is 16.5. The highest BCUT2D eigenvalue weighted by Crippen LogP contribution is 2.23. The molecular formula is C16H18N6O4. The van der Waals surface area contributed by atoms with Gasteiger partial charge in [-0.3, -0.25) is 4.79 Å². The van der Waals surface area contributed by atoms with E-state index in [1.54, 1.807) is 35.9 Å². The molecule has 2 heterocycles. The summed E-state index contributed by atoms with van der Waals surface area (Å²) in [4.78, 5) is 25.8. The average molecular weight is 358 g/mol. The van der Waals surface area contributed by atoms with E-state index in [1.165, 1.54) is 12.0 Å². The van der Waals surface area contributed by atoms with Gasteiger partial charge in [-0.15, -0.1) is 5.10 Å². The summed E-state index contributed by atoms with van der Waals surface area (Å²) in [6.45, 7) is 1.83. The Morgan fingerprint density at radius 3 is 2.65 bits per heavy atom. The number of hydrogen-bond donors (Lipinski definition) is 2. The predicted molar refractivity (Wildman–Crippen MR) is 90.2 cm³/mol. The van der Waals surface area contributed by atoms with Crippen LogP contribution in [0.2, 0.25) is 0 Å². The number of benzene rings is 1. The van der Waals surface area contributed by atoms with Gasteiger partial charge in [0.1, 0.15) is 5.70 Å². The molecule has 0 radical (unpaired) electrons. The number of carbonyl (C=O) groups is 2. The van der Waals surface area contributed by atoms with Gasteiger partial charge in [0.25, 0.3) is 5.91 Å². The molecule has 0 fully saturated rings. The van der Waals surface area contributed by atoms with Crippen molar-refractivity contribution in [2.24, 2.45) is 0 Å². The Kier molecular flexibility index (Phi) is 4.94. The maximum absolute atomic E-state index is 12.5. The summed E-state index contributed by atoms with van der Waals surface area (Å²) in [6, 6.07) is 7.07. The second-order valence-corrected chi connectivity index (χ2v) is 5.61. The Hall–Kier alpha value is -3.27. The fourth-order valence-electron chi connectivity index (χ4n) is 2.65. The number of aromatic nitrogens is 4. The van der Waals surface area contributed by atoms with E-state index in [0.717, 1.165) is 5.69 Å². The molecule has 136 valence electrons. The van der Waals surface area contributed by atoms with Crippen molar-refractivity contribution in [2.45, 2.75) is 6.92 Å². The number of amides is 1. The number of β-amino-alcohol motifs (C(OH)–C–C–N with tert-alkyl or cyclic N) is 1. The first-order valence-corrected chi connectivity index (χ1v) is 7.89. The Labute approximate surface area is 149 Å². The quantitative estimate of drug-likeness (QED) is 0.672. The molecule has 0 saturated carbocycles. The van der Waals surface area contributed by atoms with E-state index in [0.29, 0.717) is 11.5 Å². The molecule has 1 aliphatic heterocycles. The molecule has 2 N–H and O–H groups in total. The largest absolute Gasteiger partial charge is 0.466 e. The Bertz CT molecular complexity index is 858. The summed E-state index contributed by atoms with van der Waals surface area (Å²) in [5, 5.41) is 23.4. The van der Waals surface area contributed by atoms with Gasteiger partial charge in [-0.2, -0.15) is 4.68 Å². The first kappa shape index (κ1) is 17.5. The van der Waals surface area contributed by atoms with E-state index < -0.39 is 5.97 Å². The van der Waals surface area contributed by atoms with Crippen molar-refractivity contribution in [3.05, 3.63) is 41.4 Å². The van der Waals surface area contributed by atoms with Crippen molar-refractivity contribution in [2.75, 3.05) is 32.1 Å². The number of tetrazole rings is 1. The lowest BCUT2D eigenvalue weighted by molar-refractivity contribution is -0.136. The van der Waals surface area contributed by atoms with Crippen LogP contribution in [-0.4, -0.2) is 68.9 Å². The van der Waals surface area contributed by atoms with Crippen molar-refractivity contribution in [1.29, 1.82) is 0 Å². The van der Waals surface area contributed by atoms with E-state index in [4.69, 9.17) is 9.84 Å². The lowest BCUT2D eigenvalue weighted by atomic mass is 10.2. The minimum absolute atomic E-state index is 0.0936. The van der Waals surface area contributed by atoms with Crippen LogP contribution in [0.1, 0.15) is 5.82 Å². The van der Waals surface area contributed by atoms with Gasteiger partial charge in [-0.05, 0) is 41.6 Å². The van der Waals surface area contributed by atoms with Gasteiger partial charge in [0.05, 0.1) is 31.5 Å². The zero-order valence-electron chi connectivity index (χ0n) is 14.3. The summed E-state index contributed by atoms with van der Waals surface area (Å²) in [5.74, 6) is -0.297. The molecule has 3 rings (SSSR count). The van der Waals surface area contributed by atoms with Crippen molar-refractivity contribution in [3.63, 3.8) is 0 Å². The van der Waals surface area contributed by atoms with Crippen LogP contribution in [0.15, 0.2) is 35.5 Å². The van der Waals surface area contributed by atoms with Crippen LogP contribution in [0.5, 0.6) is 0 Å². The third-order valence-corrected chi connectivity index (χ3v) is 3.96. The summed E-state index contributed by atoms with van der Waals surface area (Å²) >= 11 is 0. The van der Waals surface area contributed by atoms with E-state index >= 15 is 0 Å². The number of ether oxygens (including phenoxy) is 1. The number of aryl methyl sites for hydroxylation is 1. The van der Waals surface area contributed by atoms with Crippen molar-refractivity contribution in [1.82, 2.24) is 25.1 Å². The van der Waals surface area contributed by atoms with Gasteiger partial charge in [0.15, 0.2) is 5.82 Å². The number of carbonyl (C=O) groups excluding carboxylic acids is 2. The molecule has 1 aromatic heterocycles. The molecular weight excluding hydrogens is 340 g/mol. The van der Waals surface area contributed by atoms with E-state index in [-0.39, 0.29) is 36.9 Å². The molecule has 0 aliphatic carbocycles. The molecule has 0 saturated heterocycles. The molecule has 0 unspecified atom stereocenters. The van der Waals surface area contributed by atoms with E-state index in [9.17, 15) is 9.59 Å². The predicted octanol–water partition coefficient (Wildman–Crippen LogP) is -0.356. The Morgan fingerprint density at radius 1 is 1.35 bits per heavy atom. The zero-order valence-corrected chi connectivity index (χ0v) is 14.3. The van der Waals surface area contributed by atoms with Crippen LogP contribution in [-0.2, 0) is 14.3 Å². The highest BCUT2D eigenvalue weighted by molar-refractivity contribution is 6.08. The Morgan fingerprint density at radius 2 is 2.08 bits per heavy atom. The SMILES string of the molecule is COC(=O)C1=C(Nc2ccc(-n3nnnc3C)cc2)C(=O)N(CCO)C1. The first-order chi connectivity index (χ1) is 12.5. The van der Waals surface area contributed by atoms with Crippen molar-refractivity contribution < 1.29 is 19.4 Å². The normalized spacial score (nSPS) is 14.1. The number of esters is 1. The summed E-state index contributed by atoms with van der Waals surface area (Å²) in [7, 11) is 1.26. The summed E-state index contributed by atoms with van der Waals surface area (Å²) in [5.41, 5.74) is 1.76. The van der Waals surface area contributed by atoms with Crippen molar-refractivity contribution in [3.8, 4) is 5.69 Å². The molecule has 2 aromatic rings. The fraction of sp³-hybridized carbons (Fsp3) is 0.312. The number of nitrogens with one attached hydrogen (secondary N) is 1. The topological polar surface area (TPSA) is 122 Å². The van der Waals surface area contributed by atoms with Crippen LogP contribution in [0.3, 0.4) is 0 Å². The molecule has 0 atom stereocenters. The van der Waals surface area contributed by atoms with Gasteiger partial charge < -0.3 is 20.1 Å². The van der Waals surface area contributed by atoms with Crippen LogP contribution in [0.4, 0.5) is 5.69 Å². The van der Waals surface area contributed by atoms with Gasteiger partial charge in [0, 0.05) is 12.2 Å². The van der Waals surface area contributed by atoms with Crippen LogP contribution in [0, 0.1) is 6.92 Å². The van der Waals surface area contributed by atoms with E-state index in [2.05, 4.69) is 20.8 Å². The average Bonchev–Trinajstić information content (AvgIpc) is 3.20. The lowest BCUT2D eigenvalue weighted by Gasteiger charge is -2.15. The second kappa shape index (κ2) is 7.31. The third-order valence-electron chi connectivity index (χ3n) is 3.96. The number of nitrogens with zero attached hydrogens (tertiary/aromatic N) is 5. The molecule has 1 amide bonds. The van der Waals surface area contributed by atoms with Crippen LogP contribution < -0.4 is 5.32 Å². The van der Waals surface area contributed by atoms with E-state index in [1.807, 2.05) is 0 Å². The standard InChI is InChI=1S/C16H18N6O4/c1-10-18-19-20-22(10)12-5-3-11(4-6-12)17-14-13(16(25)26-2)9-21(7-8-23)15(14)24/h3-6,17,23H,7-9H2,1-2H3. The van der Waals surface area contributed by atoms with Crippen LogP contribution >= 0.6 is 0 Å². The zero-order chi connectivity index (χ0) is 18.7. The highest BCUT2D eigenvalue weighted by Gasteiger charge is 2.34. The summed E-state index contributed by atoms with van der Waals surface area (Å²) < 4.78 is 6.33. The molecule has 1 aliphatic rings. The molecule has 0 bridgehead atoms. The molecule has 0 spiro atoms. The smallest absolute Gasteiger partial charge is 0.337 e. The van der Waals surface area contributed by atoms with Crippen molar-refractivity contribution >= 4 is 17.6 Å². The number of aliphatic hydroxyl groups is 1. The number of hydrogen-bond acceptors (Lipinski definition) is 8. The van der Waals surface area contributed by atoms with Crippen LogP contribution in [0.25, 0.3) is 5.69 Å². The number of methoxy groups -OCH3 is 1. The van der Waals surface area contributed by atoms with Gasteiger partial charge in [-0.25, -0.2) is 4.79 Å². The maximum atomic E-state index is 12.5. The summed E-state index contributed by atoms with van der Waals surface area (Å²) in [6.07, 6.45) is 0. The van der Waals surface area contributed by atoms with Gasteiger partial charge in [-0.1, -0.05) is 0 Å². The Balaban J connectivity index is 1.84. The second-order valence-electron chi connectivity index (χ2n) is 5.61. The number of aliphatic hydroxyl groups excluding tert-OH is 1. The maximum Gasteiger partial charge on any atom is 0.337 e. The number of rotatable bonds is 6.